The SMILES string of the molecule is CC/C=C\C[C@H](O)/C=C/C=C\C=C\[C@H](O)C/C=C\C/C=C\CCC(=O)O[C@H](CO/C=C/CCCCCCCC/C=C\CCCCCC)COP(=O)(O)OCCN. The van der Waals surface area contributed by atoms with Crippen LogP contribution < -0.4 is 5.73 Å². The topological polar surface area (TPSA) is 158 Å². The fourth-order valence-electron chi connectivity index (χ4n) is 5.10. The van der Waals surface area contributed by atoms with E-state index in [0.717, 1.165) is 25.7 Å². The van der Waals surface area contributed by atoms with Gasteiger partial charge in [-0.05, 0) is 76.7 Å². The smallest absolute Gasteiger partial charge is 0.472 e. The third-order valence-electron chi connectivity index (χ3n) is 8.23. The van der Waals surface area contributed by atoms with Gasteiger partial charge in [0.2, 0.25) is 0 Å². The van der Waals surface area contributed by atoms with E-state index >= 15 is 0 Å². The maximum absolute atomic E-state index is 12.5. The normalized spacial score (nSPS) is 15.5. The lowest BCUT2D eigenvalue weighted by Gasteiger charge is -2.19. The molecule has 320 valence electrons. The minimum Gasteiger partial charge on any atom is -0.498 e. The molecule has 11 heteroatoms. The number of phosphoric ester groups is 1. The van der Waals surface area contributed by atoms with Crippen molar-refractivity contribution < 1.29 is 43.0 Å². The van der Waals surface area contributed by atoms with Crippen LogP contribution >= 0.6 is 7.82 Å². The number of esters is 1. The molecular formula is C45H76NO9P. The van der Waals surface area contributed by atoms with E-state index in [9.17, 15) is 24.5 Å². The molecule has 10 nitrogen and oxygen atoms in total. The Hall–Kier alpha value is -2.82. The third-order valence-corrected chi connectivity index (χ3v) is 9.21. The zero-order valence-corrected chi connectivity index (χ0v) is 35.4. The van der Waals surface area contributed by atoms with E-state index in [4.69, 9.17) is 24.3 Å². The Morgan fingerprint density at radius 3 is 1.82 bits per heavy atom. The molecule has 0 saturated heterocycles. The van der Waals surface area contributed by atoms with Crippen molar-refractivity contribution in [1.29, 1.82) is 0 Å². The van der Waals surface area contributed by atoms with Gasteiger partial charge in [-0.2, -0.15) is 0 Å². The Morgan fingerprint density at radius 2 is 1.21 bits per heavy atom. The molecule has 0 aliphatic heterocycles. The Balaban J connectivity index is 4.39. The maximum Gasteiger partial charge on any atom is 0.472 e. The number of carbonyl (C=O) groups is 1. The first-order valence-corrected chi connectivity index (χ1v) is 22.5. The Kier molecular flexibility index (Phi) is 38.3. The molecule has 0 aromatic carbocycles. The number of allylic oxidation sites excluding steroid dienone is 11. The van der Waals surface area contributed by atoms with Gasteiger partial charge in [0.15, 0.2) is 6.10 Å². The van der Waals surface area contributed by atoms with Gasteiger partial charge in [0.25, 0.3) is 0 Å². The highest BCUT2D eigenvalue weighted by Gasteiger charge is 2.25. The van der Waals surface area contributed by atoms with E-state index in [1.807, 2.05) is 42.5 Å². The molecule has 0 spiro atoms. The number of aliphatic hydroxyl groups is 2. The second-order valence-corrected chi connectivity index (χ2v) is 15.0. The number of rotatable bonds is 38. The number of ether oxygens (including phenoxy) is 2. The Labute approximate surface area is 339 Å². The van der Waals surface area contributed by atoms with Crippen LogP contribution in [-0.4, -0.2) is 65.8 Å². The van der Waals surface area contributed by atoms with Crippen molar-refractivity contribution in [3.63, 3.8) is 0 Å². The molecule has 0 aliphatic carbocycles. The van der Waals surface area contributed by atoms with Crippen LogP contribution in [0.25, 0.3) is 0 Å². The van der Waals surface area contributed by atoms with Gasteiger partial charge >= 0.3 is 13.8 Å². The fraction of sp³-hybridized carbons (Fsp3) is 0.622. The molecule has 0 radical (unpaired) electrons. The lowest BCUT2D eigenvalue weighted by molar-refractivity contribution is -0.153. The van der Waals surface area contributed by atoms with Crippen molar-refractivity contribution in [2.24, 2.45) is 5.73 Å². The van der Waals surface area contributed by atoms with Gasteiger partial charge in [-0.1, -0.05) is 144 Å². The van der Waals surface area contributed by atoms with Crippen LogP contribution in [-0.2, 0) is 27.9 Å². The zero-order chi connectivity index (χ0) is 41.2. The first-order valence-electron chi connectivity index (χ1n) is 21.0. The number of nitrogens with two attached hydrogens (primary N) is 1. The largest absolute Gasteiger partial charge is 0.498 e. The lowest BCUT2D eigenvalue weighted by Crippen LogP contribution is -2.27. The molecule has 0 fully saturated rings. The quantitative estimate of drug-likeness (QED) is 0.0118. The van der Waals surface area contributed by atoms with Gasteiger partial charge in [-0.3, -0.25) is 13.8 Å². The minimum atomic E-state index is -4.35. The highest BCUT2D eigenvalue weighted by molar-refractivity contribution is 7.47. The van der Waals surface area contributed by atoms with Crippen molar-refractivity contribution in [1.82, 2.24) is 0 Å². The van der Waals surface area contributed by atoms with Crippen LogP contribution in [0.5, 0.6) is 0 Å². The van der Waals surface area contributed by atoms with Crippen molar-refractivity contribution in [3.8, 4) is 0 Å². The average Bonchev–Trinajstić information content (AvgIpc) is 3.18. The zero-order valence-electron chi connectivity index (χ0n) is 34.5. The summed E-state index contributed by atoms with van der Waals surface area (Å²) in [5.74, 6) is -0.486. The van der Waals surface area contributed by atoms with Crippen LogP contribution in [0, 0.1) is 0 Å². The molecule has 0 aromatic heterocycles. The number of unbranched alkanes of at least 4 members (excludes halogenated alkanes) is 11. The first kappa shape index (κ1) is 53.2. The van der Waals surface area contributed by atoms with Crippen LogP contribution in [0.15, 0.2) is 97.4 Å². The van der Waals surface area contributed by atoms with Crippen LogP contribution in [0.3, 0.4) is 0 Å². The molecule has 0 bridgehead atoms. The van der Waals surface area contributed by atoms with Crippen molar-refractivity contribution in [2.45, 2.75) is 154 Å². The van der Waals surface area contributed by atoms with Gasteiger partial charge < -0.3 is 30.3 Å². The number of aliphatic hydroxyl groups excluding tert-OH is 2. The molecule has 1 unspecified atom stereocenters. The second kappa shape index (κ2) is 40.4. The molecule has 0 saturated carbocycles. The van der Waals surface area contributed by atoms with E-state index in [-0.39, 0.29) is 32.8 Å². The van der Waals surface area contributed by atoms with E-state index in [0.29, 0.717) is 25.7 Å². The predicted molar refractivity (Wildman–Crippen MR) is 231 cm³/mol. The summed E-state index contributed by atoms with van der Waals surface area (Å²) in [6, 6.07) is 0. The van der Waals surface area contributed by atoms with Gasteiger partial charge in [0, 0.05) is 13.0 Å². The van der Waals surface area contributed by atoms with Crippen molar-refractivity contribution >= 4 is 13.8 Å². The third kappa shape index (κ3) is 39.4. The molecule has 4 atom stereocenters. The van der Waals surface area contributed by atoms with Crippen LogP contribution in [0.2, 0.25) is 0 Å². The Morgan fingerprint density at radius 1 is 0.661 bits per heavy atom. The lowest BCUT2D eigenvalue weighted by atomic mass is 10.1. The molecule has 0 heterocycles. The van der Waals surface area contributed by atoms with E-state index < -0.39 is 32.1 Å². The van der Waals surface area contributed by atoms with E-state index in [1.165, 1.54) is 64.2 Å². The monoisotopic (exact) mass is 806 g/mol. The summed E-state index contributed by atoms with van der Waals surface area (Å²) in [5, 5.41) is 19.9. The number of phosphoric acid groups is 1. The van der Waals surface area contributed by atoms with Gasteiger partial charge in [0.1, 0.15) is 6.61 Å². The number of carbonyl (C=O) groups excluding carboxylic acids is 1. The molecule has 5 N–H and O–H groups in total. The van der Waals surface area contributed by atoms with Gasteiger partial charge in [0.05, 0.1) is 31.7 Å². The second-order valence-electron chi connectivity index (χ2n) is 13.6. The average molecular weight is 806 g/mol. The molecule has 0 aliphatic rings. The molecular weight excluding hydrogens is 729 g/mol. The summed E-state index contributed by atoms with van der Waals surface area (Å²) >= 11 is 0. The summed E-state index contributed by atoms with van der Waals surface area (Å²) in [7, 11) is -4.35. The number of hydrogen-bond donors (Lipinski definition) is 4. The predicted octanol–water partition coefficient (Wildman–Crippen LogP) is 10.6. The summed E-state index contributed by atoms with van der Waals surface area (Å²) < 4.78 is 33.0. The molecule has 0 amide bonds. The number of hydrogen-bond acceptors (Lipinski definition) is 9. The highest BCUT2D eigenvalue weighted by atomic mass is 31.2. The van der Waals surface area contributed by atoms with Crippen molar-refractivity contribution in [3.05, 3.63) is 97.4 Å². The maximum atomic E-state index is 12.5. The standard InChI is InChI=1S/C45H76NO9P/c1-3-5-7-8-9-10-11-12-13-14-15-16-17-20-25-31-38-52-40-44(41-54-56(50,51)53-39-37-46)55-45(49)36-30-22-19-18-21-27-33-43(48)35-29-24-23-28-34-42(47)32-26-6-4-2/h6,10-11,19,21-24,26-29,31,34-35,38,42-44,47-48H,3-5,7-9,12-18,20,25,30,32-33,36-37,39-41,46H2,1-2H3,(H,50,51)/b11-10-,22-19-,24-23-,26-6-,27-21-,34-28+,35-29+,38-31+/t42-,43+,44+/m0/s1. The fourth-order valence-corrected chi connectivity index (χ4v) is 5.86. The summed E-state index contributed by atoms with van der Waals surface area (Å²) in [6.45, 7) is 3.79. The van der Waals surface area contributed by atoms with E-state index in [1.54, 1.807) is 42.7 Å². The van der Waals surface area contributed by atoms with E-state index in [2.05, 4.69) is 26.0 Å². The van der Waals surface area contributed by atoms with Gasteiger partial charge in [-0.15, -0.1) is 0 Å². The molecule has 0 aromatic rings. The highest BCUT2D eigenvalue weighted by Crippen LogP contribution is 2.43. The first-order chi connectivity index (χ1) is 27.2. The van der Waals surface area contributed by atoms with Crippen LogP contribution in [0.4, 0.5) is 0 Å². The van der Waals surface area contributed by atoms with Gasteiger partial charge in [-0.25, -0.2) is 4.57 Å². The summed E-state index contributed by atoms with van der Waals surface area (Å²) in [6.07, 6.45) is 47.3. The molecule has 56 heavy (non-hydrogen) atoms. The van der Waals surface area contributed by atoms with Crippen molar-refractivity contribution in [2.75, 3.05) is 26.4 Å². The summed E-state index contributed by atoms with van der Waals surface area (Å²) in [5.41, 5.74) is 5.34. The summed E-state index contributed by atoms with van der Waals surface area (Å²) in [4.78, 5) is 22.4. The van der Waals surface area contributed by atoms with Crippen LogP contribution in [0.1, 0.15) is 136 Å². The molecule has 0 rings (SSSR count). The Bertz CT molecular complexity index is 1210. The minimum absolute atomic E-state index is 0.0390.